The Hall–Kier alpha value is -2.56. The van der Waals surface area contributed by atoms with Gasteiger partial charge in [-0.1, -0.05) is 6.07 Å². The van der Waals surface area contributed by atoms with Gasteiger partial charge in [0.05, 0.1) is 6.21 Å². The highest BCUT2D eigenvalue weighted by molar-refractivity contribution is 5.83. The van der Waals surface area contributed by atoms with Crippen molar-refractivity contribution in [1.82, 2.24) is 9.99 Å². The largest absolute Gasteiger partial charge is 0.350 e. The van der Waals surface area contributed by atoms with E-state index in [1.165, 1.54) is 11.1 Å². The summed E-state index contributed by atoms with van der Waals surface area (Å²) in [6, 6.07) is 7.74. The van der Waals surface area contributed by atoms with Gasteiger partial charge in [-0.3, -0.25) is 0 Å². The second-order valence-electron chi connectivity index (χ2n) is 5.16. The molecule has 0 atom stereocenters. The van der Waals surface area contributed by atoms with Gasteiger partial charge in [0, 0.05) is 22.6 Å². The topological polar surface area (TPSA) is 72.4 Å². The van der Waals surface area contributed by atoms with Gasteiger partial charge in [-0.2, -0.15) is 5.10 Å². The summed E-state index contributed by atoms with van der Waals surface area (Å²) in [5, 5.41) is 3.82. The molecule has 21 heavy (non-hydrogen) atoms. The molecule has 0 spiro atoms. The standard InChI is InChI=1S/C16H20N4O/c1-10-5-6-15(7-11(10)2)20-12(3)8-14(13(20)4)9-18-19-16(17)21/h5-9H,1-4H3,(H3,17,19,21). The minimum atomic E-state index is -0.672. The Bertz CT molecular complexity index is 713. The van der Waals surface area contributed by atoms with Crippen molar-refractivity contribution in [2.24, 2.45) is 10.8 Å². The molecule has 2 aromatic rings. The van der Waals surface area contributed by atoms with Crippen LogP contribution in [0.3, 0.4) is 0 Å². The molecule has 0 saturated carbocycles. The number of carbonyl (C=O) groups is 1. The van der Waals surface area contributed by atoms with Crippen molar-refractivity contribution in [1.29, 1.82) is 0 Å². The molecule has 2 rings (SSSR count). The third-order valence-corrected chi connectivity index (χ3v) is 3.60. The molecule has 1 heterocycles. The van der Waals surface area contributed by atoms with Gasteiger partial charge in [0.1, 0.15) is 0 Å². The summed E-state index contributed by atoms with van der Waals surface area (Å²) in [5.74, 6) is 0. The molecule has 3 N–H and O–H groups in total. The van der Waals surface area contributed by atoms with E-state index in [-0.39, 0.29) is 0 Å². The predicted molar refractivity (Wildman–Crippen MR) is 85.0 cm³/mol. The summed E-state index contributed by atoms with van der Waals surface area (Å²) in [7, 11) is 0. The van der Waals surface area contributed by atoms with Crippen LogP contribution in [-0.2, 0) is 0 Å². The highest BCUT2D eigenvalue weighted by Gasteiger charge is 2.10. The van der Waals surface area contributed by atoms with E-state index >= 15 is 0 Å². The van der Waals surface area contributed by atoms with Crippen LogP contribution in [0, 0.1) is 27.7 Å². The summed E-state index contributed by atoms with van der Waals surface area (Å²) in [6.45, 7) is 8.27. The zero-order valence-electron chi connectivity index (χ0n) is 12.8. The number of hydrogen-bond donors (Lipinski definition) is 2. The number of nitrogens with two attached hydrogens (primary N) is 1. The molecule has 0 fully saturated rings. The quantitative estimate of drug-likeness (QED) is 0.660. The lowest BCUT2D eigenvalue weighted by Crippen LogP contribution is -2.24. The first-order valence-electron chi connectivity index (χ1n) is 6.75. The van der Waals surface area contributed by atoms with Gasteiger partial charge in [0.2, 0.25) is 0 Å². The number of amides is 2. The Morgan fingerprint density at radius 2 is 1.90 bits per heavy atom. The van der Waals surface area contributed by atoms with E-state index in [2.05, 4.69) is 47.1 Å². The summed E-state index contributed by atoms with van der Waals surface area (Å²) >= 11 is 0. The molecule has 5 heteroatoms. The van der Waals surface area contributed by atoms with Gasteiger partial charge >= 0.3 is 6.03 Å². The van der Waals surface area contributed by atoms with Crippen LogP contribution in [0.1, 0.15) is 28.1 Å². The van der Waals surface area contributed by atoms with Crippen molar-refractivity contribution in [3.8, 4) is 5.69 Å². The van der Waals surface area contributed by atoms with Gasteiger partial charge < -0.3 is 10.3 Å². The van der Waals surface area contributed by atoms with Gasteiger partial charge in [0.25, 0.3) is 0 Å². The third kappa shape index (κ3) is 3.13. The normalized spacial score (nSPS) is 11.0. The summed E-state index contributed by atoms with van der Waals surface area (Å²) < 4.78 is 2.16. The number of rotatable bonds is 3. The van der Waals surface area contributed by atoms with Crippen LogP contribution in [0.4, 0.5) is 4.79 Å². The Labute approximate surface area is 124 Å². The number of benzene rings is 1. The Morgan fingerprint density at radius 3 is 2.52 bits per heavy atom. The lowest BCUT2D eigenvalue weighted by molar-refractivity contribution is 0.249. The number of aryl methyl sites for hydroxylation is 3. The van der Waals surface area contributed by atoms with E-state index in [0.717, 1.165) is 22.6 Å². The maximum absolute atomic E-state index is 10.6. The van der Waals surface area contributed by atoms with Crippen molar-refractivity contribution in [2.45, 2.75) is 27.7 Å². The molecule has 1 aromatic heterocycles. The van der Waals surface area contributed by atoms with Gasteiger partial charge in [-0.05, 0) is 57.0 Å². The van der Waals surface area contributed by atoms with Crippen LogP contribution in [0.25, 0.3) is 5.69 Å². The lowest BCUT2D eigenvalue weighted by Gasteiger charge is -2.11. The molecule has 0 saturated heterocycles. The Morgan fingerprint density at radius 1 is 1.19 bits per heavy atom. The SMILES string of the molecule is Cc1ccc(-n2c(C)cc(C=NNC(N)=O)c2C)cc1C. The van der Waals surface area contributed by atoms with Crippen LogP contribution in [0.15, 0.2) is 29.4 Å². The first-order valence-corrected chi connectivity index (χ1v) is 6.75. The number of hydrazone groups is 1. The fourth-order valence-corrected chi connectivity index (χ4v) is 2.35. The van der Waals surface area contributed by atoms with Crippen LogP contribution >= 0.6 is 0 Å². The first-order chi connectivity index (χ1) is 9.90. The number of aromatic nitrogens is 1. The van der Waals surface area contributed by atoms with E-state index in [0.29, 0.717) is 0 Å². The van der Waals surface area contributed by atoms with E-state index in [1.807, 2.05) is 19.9 Å². The average Bonchev–Trinajstić information content (AvgIpc) is 2.68. The highest BCUT2D eigenvalue weighted by Crippen LogP contribution is 2.21. The predicted octanol–water partition coefficient (Wildman–Crippen LogP) is 2.71. The van der Waals surface area contributed by atoms with Crippen molar-refractivity contribution in [3.63, 3.8) is 0 Å². The molecule has 0 unspecified atom stereocenters. The van der Waals surface area contributed by atoms with E-state index in [4.69, 9.17) is 5.73 Å². The third-order valence-electron chi connectivity index (χ3n) is 3.60. The van der Waals surface area contributed by atoms with Crippen molar-refractivity contribution in [2.75, 3.05) is 0 Å². The second kappa shape index (κ2) is 5.83. The zero-order chi connectivity index (χ0) is 15.6. The van der Waals surface area contributed by atoms with Crippen molar-refractivity contribution in [3.05, 3.63) is 52.3 Å². The van der Waals surface area contributed by atoms with Crippen LogP contribution < -0.4 is 11.2 Å². The molecule has 110 valence electrons. The average molecular weight is 284 g/mol. The molecule has 0 bridgehead atoms. The van der Waals surface area contributed by atoms with E-state index in [9.17, 15) is 4.79 Å². The molecule has 1 aromatic carbocycles. The first kappa shape index (κ1) is 14.8. The maximum Gasteiger partial charge on any atom is 0.332 e. The maximum atomic E-state index is 10.6. The zero-order valence-corrected chi connectivity index (χ0v) is 12.8. The molecule has 0 aliphatic carbocycles. The molecular weight excluding hydrogens is 264 g/mol. The summed E-state index contributed by atoms with van der Waals surface area (Å²) in [5.41, 5.74) is 13.9. The van der Waals surface area contributed by atoms with Gasteiger partial charge in [-0.25, -0.2) is 10.2 Å². The highest BCUT2D eigenvalue weighted by atomic mass is 16.2. The number of nitrogens with one attached hydrogen (secondary N) is 1. The van der Waals surface area contributed by atoms with Crippen LogP contribution in [-0.4, -0.2) is 16.8 Å². The van der Waals surface area contributed by atoms with E-state index in [1.54, 1.807) is 6.21 Å². The van der Waals surface area contributed by atoms with Crippen LogP contribution in [0.2, 0.25) is 0 Å². The van der Waals surface area contributed by atoms with Crippen molar-refractivity contribution < 1.29 is 4.79 Å². The smallest absolute Gasteiger partial charge is 0.332 e. The number of nitrogens with zero attached hydrogens (tertiary/aromatic N) is 2. The van der Waals surface area contributed by atoms with E-state index < -0.39 is 6.03 Å². The minimum absolute atomic E-state index is 0.672. The Balaban J connectivity index is 2.41. The minimum Gasteiger partial charge on any atom is -0.350 e. The van der Waals surface area contributed by atoms with Gasteiger partial charge in [-0.15, -0.1) is 0 Å². The molecular formula is C16H20N4O. The lowest BCUT2D eigenvalue weighted by atomic mass is 10.1. The monoisotopic (exact) mass is 284 g/mol. The number of urea groups is 1. The van der Waals surface area contributed by atoms with Crippen LogP contribution in [0.5, 0.6) is 0 Å². The number of primary amides is 1. The summed E-state index contributed by atoms with van der Waals surface area (Å²) in [6.07, 6.45) is 1.60. The molecule has 0 aliphatic heterocycles. The fourth-order valence-electron chi connectivity index (χ4n) is 2.35. The van der Waals surface area contributed by atoms with Crippen molar-refractivity contribution >= 4 is 12.2 Å². The molecule has 0 aliphatic rings. The second-order valence-corrected chi connectivity index (χ2v) is 5.16. The number of carbonyl (C=O) groups excluding carboxylic acids is 1. The molecule has 0 radical (unpaired) electrons. The Kier molecular flexibility index (Phi) is 4.12. The van der Waals surface area contributed by atoms with Gasteiger partial charge in [0.15, 0.2) is 0 Å². The molecule has 2 amide bonds. The number of hydrogen-bond acceptors (Lipinski definition) is 2. The fraction of sp³-hybridized carbons (Fsp3) is 0.250. The molecule has 5 nitrogen and oxygen atoms in total. The summed E-state index contributed by atoms with van der Waals surface area (Å²) in [4.78, 5) is 10.6.